The molecule has 0 saturated heterocycles. The fourth-order valence-electron chi connectivity index (χ4n) is 2.24. The number of halogens is 4. The maximum absolute atomic E-state index is 6.32. The molecule has 132 valence electrons. The van der Waals surface area contributed by atoms with E-state index in [1.807, 2.05) is 30.3 Å². The highest BCUT2D eigenvalue weighted by molar-refractivity contribution is 6.37. The van der Waals surface area contributed by atoms with Crippen molar-refractivity contribution in [1.82, 2.24) is 0 Å². The van der Waals surface area contributed by atoms with Crippen LogP contribution in [-0.4, -0.2) is 6.21 Å². The zero-order valence-electron chi connectivity index (χ0n) is 13.4. The van der Waals surface area contributed by atoms with Crippen LogP contribution in [0.25, 0.3) is 0 Å². The van der Waals surface area contributed by atoms with E-state index in [0.29, 0.717) is 25.8 Å². The van der Waals surface area contributed by atoms with Crippen LogP contribution in [0.5, 0.6) is 5.75 Å². The third-order valence-corrected chi connectivity index (χ3v) is 4.68. The van der Waals surface area contributed by atoms with Crippen LogP contribution in [0.2, 0.25) is 20.1 Å². The first-order valence-corrected chi connectivity index (χ1v) is 9.19. The van der Waals surface area contributed by atoms with Gasteiger partial charge in [-0.3, -0.25) is 4.99 Å². The van der Waals surface area contributed by atoms with Crippen LogP contribution in [0.1, 0.15) is 11.1 Å². The van der Waals surface area contributed by atoms with Crippen molar-refractivity contribution in [2.24, 2.45) is 4.99 Å². The number of nitrogens with zero attached hydrogens (tertiary/aromatic N) is 1. The molecule has 3 rings (SSSR count). The van der Waals surface area contributed by atoms with Crippen molar-refractivity contribution in [3.05, 3.63) is 91.9 Å². The lowest BCUT2D eigenvalue weighted by molar-refractivity contribution is 0.306. The van der Waals surface area contributed by atoms with Crippen molar-refractivity contribution >= 4 is 58.3 Å². The first-order valence-electron chi connectivity index (χ1n) is 7.68. The van der Waals surface area contributed by atoms with Crippen molar-refractivity contribution in [3.63, 3.8) is 0 Å². The van der Waals surface area contributed by atoms with Gasteiger partial charge in [0.25, 0.3) is 0 Å². The van der Waals surface area contributed by atoms with Crippen LogP contribution >= 0.6 is 46.4 Å². The fraction of sp³-hybridized carbons (Fsp3) is 0.0500. The molecule has 0 atom stereocenters. The average Bonchev–Trinajstić information content (AvgIpc) is 2.62. The summed E-state index contributed by atoms with van der Waals surface area (Å²) in [5.41, 5.74) is 2.41. The molecule has 0 fully saturated rings. The molecule has 3 aromatic carbocycles. The van der Waals surface area contributed by atoms with Gasteiger partial charge in [0.2, 0.25) is 0 Å². The Hall–Kier alpha value is -1.71. The zero-order valence-corrected chi connectivity index (χ0v) is 16.4. The summed E-state index contributed by atoms with van der Waals surface area (Å²) in [6.45, 7) is 0.229. The van der Waals surface area contributed by atoms with Crippen LogP contribution in [0, 0.1) is 0 Å². The molecule has 26 heavy (non-hydrogen) atoms. The maximum atomic E-state index is 6.32. The van der Waals surface area contributed by atoms with Gasteiger partial charge in [-0.25, -0.2) is 0 Å². The molecule has 0 radical (unpaired) electrons. The van der Waals surface area contributed by atoms with E-state index in [0.717, 1.165) is 16.8 Å². The second-order valence-electron chi connectivity index (χ2n) is 5.43. The largest absolute Gasteiger partial charge is 0.486 e. The van der Waals surface area contributed by atoms with E-state index in [1.165, 1.54) is 0 Å². The van der Waals surface area contributed by atoms with Crippen molar-refractivity contribution in [1.29, 1.82) is 0 Å². The molecule has 0 aliphatic heterocycles. The Bertz CT molecular complexity index is 919. The Labute approximate surface area is 171 Å². The van der Waals surface area contributed by atoms with Crippen LogP contribution in [0.3, 0.4) is 0 Å². The van der Waals surface area contributed by atoms with Gasteiger partial charge in [-0.2, -0.15) is 0 Å². The van der Waals surface area contributed by atoms with Crippen molar-refractivity contribution in [2.45, 2.75) is 6.61 Å². The quantitative estimate of drug-likeness (QED) is 0.385. The van der Waals surface area contributed by atoms with E-state index < -0.39 is 0 Å². The predicted molar refractivity (Wildman–Crippen MR) is 111 cm³/mol. The van der Waals surface area contributed by atoms with Crippen LogP contribution in [-0.2, 0) is 6.61 Å². The minimum absolute atomic E-state index is 0.229. The standard InChI is InChI=1S/C20H13Cl4NO/c21-15-7-6-14(17(22)10-15)12-26-20-18(23)8-13(9-19(20)24)11-25-16-4-2-1-3-5-16/h1-11H,12H2. The van der Waals surface area contributed by atoms with Crippen molar-refractivity contribution in [2.75, 3.05) is 0 Å². The number of hydrogen-bond donors (Lipinski definition) is 0. The van der Waals surface area contributed by atoms with Gasteiger partial charge in [0.15, 0.2) is 5.75 Å². The molecular weight excluding hydrogens is 412 g/mol. The molecule has 6 heteroatoms. The summed E-state index contributed by atoms with van der Waals surface area (Å²) in [5, 5.41) is 1.89. The highest BCUT2D eigenvalue weighted by Gasteiger charge is 2.11. The Morgan fingerprint density at radius 1 is 0.808 bits per heavy atom. The number of hydrogen-bond acceptors (Lipinski definition) is 2. The zero-order chi connectivity index (χ0) is 18.5. The average molecular weight is 425 g/mol. The van der Waals surface area contributed by atoms with Gasteiger partial charge in [0.05, 0.1) is 15.7 Å². The minimum atomic E-state index is 0.229. The van der Waals surface area contributed by atoms with Gasteiger partial charge in [-0.1, -0.05) is 70.7 Å². The number of rotatable bonds is 5. The van der Waals surface area contributed by atoms with E-state index in [4.69, 9.17) is 51.1 Å². The summed E-state index contributed by atoms with van der Waals surface area (Å²) in [5.74, 6) is 0.399. The second-order valence-corrected chi connectivity index (χ2v) is 7.09. The Morgan fingerprint density at radius 3 is 2.15 bits per heavy atom. The molecule has 0 amide bonds. The minimum Gasteiger partial charge on any atom is -0.486 e. The van der Waals surface area contributed by atoms with Gasteiger partial charge < -0.3 is 4.74 Å². The first kappa shape index (κ1) is 19.1. The topological polar surface area (TPSA) is 21.6 Å². The lowest BCUT2D eigenvalue weighted by Crippen LogP contribution is -1.98. The third kappa shape index (κ3) is 4.93. The van der Waals surface area contributed by atoms with Gasteiger partial charge in [0, 0.05) is 21.8 Å². The Balaban J connectivity index is 1.76. The van der Waals surface area contributed by atoms with Crippen LogP contribution in [0.15, 0.2) is 65.7 Å². The molecule has 0 spiro atoms. The number of para-hydroxylation sites is 1. The third-order valence-electron chi connectivity index (χ3n) is 3.53. The molecule has 0 aliphatic rings. The molecule has 0 saturated carbocycles. The predicted octanol–water partition coefficient (Wildman–Crippen LogP) is 7.63. The van der Waals surface area contributed by atoms with Crippen LogP contribution in [0.4, 0.5) is 5.69 Å². The van der Waals surface area contributed by atoms with Crippen molar-refractivity contribution < 1.29 is 4.74 Å². The normalized spacial score (nSPS) is 11.1. The molecule has 0 aromatic heterocycles. The molecule has 0 unspecified atom stereocenters. The lowest BCUT2D eigenvalue weighted by atomic mass is 10.2. The molecule has 3 aromatic rings. The highest BCUT2D eigenvalue weighted by Crippen LogP contribution is 2.35. The summed E-state index contributed by atoms with van der Waals surface area (Å²) in [6.07, 6.45) is 1.70. The molecular formula is C20H13Cl4NO. The highest BCUT2D eigenvalue weighted by atomic mass is 35.5. The van der Waals surface area contributed by atoms with Crippen molar-refractivity contribution in [3.8, 4) is 5.75 Å². The SMILES string of the molecule is Clc1ccc(COc2c(Cl)cc(C=Nc3ccccc3)cc2Cl)c(Cl)c1. The molecule has 0 N–H and O–H groups in total. The van der Waals surface area contributed by atoms with Gasteiger partial charge in [-0.15, -0.1) is 0 Å². The summed E-state index contributed by atoms with van der Waals surface area (Å²) in [7, 11) is 0. The molecule has 0 aliphatic carbocycles. The number of aliphatic imine (C=N–C) groups is 1. The van der Waals surface area contributed by atoms with Gasteiger partial charge >= 0.3 is 0 Å². The summed E-state index contributed by atoms with van der Waals surface area (Å²) < 4.78 is 5.76. The van der Waals surface area contributed by atoms with E-state index in [2.05, 4.69) is 4.99 Å². The fourth-order valence-corrected chi connectivity index (χ4v) is 3.32. The first-order chi connectivity index (χ1) is 12.5. The molecule has 0 heterocycles. The summed E-state index contributed by atoms with van der Waals surface area (Å²) in [6, 6.07) is 18.3. The number of ether oxygens (including phenoxy) is 1. The smallest absolute Gasteiger partial charge is 0.157 e. The molecule has 2 nitrogen and oxygen atoms in total. The van der Waals surface area contributed by atoms with E-state index in [-0.39, 0.29) is 6.61 Å². The summed E-state index contributed by atoms with van der Waals surface area (Å²) >= 11 is 24.7. The number of benzene rings is 3. The van der Waals surface area contributed by atoms with Crippen LogP contribution < -0.4 is 4.74 Å². The lowest BCUT2D eigenvalue weighted by Gasteiger charge is -2.12. The second kappa shape index (κ2) is 8.79. The summed E-state index contributed by atoms with van der Waals surface area (Å²) in [4.78, 5) is 4.39. The Kier molecular flexibility index (Phi) is 6.44. The van der Waals surface area contributed by atoms with Gasteiger partial charge in [0.1, 0.15) is 6.61 Å². The van der Waals surface area contributed by atoms with E-state index >= 15 is 0 Å². The monoisotopic (exact) mass is 423 g/mol. The molecule has 0 bridgehead atoms. The van der Waals surface area contributed by atoms with E-state index in [1.54, 1.807) is 36.5 Å². The van der Waals surface area contributed by atoms with Gasteiger partial charge in [-0.05, 0) is 42.0 Å². The Morgan fingerprint density at radius 2 is 1.50 bits per heavy atom. The maximum Gasteiger partial charge on any atom is 0.157 e. The van der Waals surface area contributed by atoms with E-state index in [9.17, 15) is 0 Å².